The van der Waals surface area contributed by atoms with Crippen LogP contribution in [-0.4, -0.2) is 47.4 Å². The molecule has 0 aliphatic heterocycles. The number of ketones is 1. The predicted molar refractivity (Wildman–Crippen MR) is 83.5 cm³/mol. The zero-order valence-corrected chi connectivity index (χ0v) is 13.9. The molecule has 0 bridgehead atoms. The van der Waals surface area contributed by atoms with E-state index in [4.69, 9.17) is 4.74 Å². The van der Waals surface area contributed by atoms with Crippen LogP contribution in [0.3, 0.4) is 0 Å². The molecule has 6 heteroatoms. The summed E-state index contributed by atoms with van der Waals surface area (Å²) in [5.41, 5.74) is -0.642. The smallest absolute Gasteiger partial charge is 0.318 e. The molecule has 0 unspecified atom stereocenters. The molecule has 0 saturated heterocycles. The van der Waals surface area contributed by atoms with Crippen LogP contribution in [0.25, 0.3) is 0 Å². The topological polar surface area (TPSA) is 93.1 Å². The van der Waals surface area contributed by atoms with Gasteiger partial charge in [0.25, 0.3) is 0 Å². The molecule has 2 N–H and O–H groups in total. The quantitative estimate of drug-likeness (QED) is 0.549. The standard InChI is InChI=1S/C17H24O6/c1-11(23-10-12-8-6-5-7-9-12)13(18)14(19)15(20)17(2,3)16(21)22-4/h5-9,11,13-14,18-19H,10H2,1-4H3/t11-,13-,14+/m0/s1. The summed E-state index contributed by atoms with van der Waals surface area (Å²) in [6.45, 7) is 4.47. The second kappa shape index (κ2) is 8.19. The van der Waals surface area contributed by atoms with Crippen molar-refractivity contribution in [2.75, 3.05) is 7.11 Å². The van der Waals surface area contributed by atoms with Gasteiger partial charge in [-0.2, -0.15) is 0 Å². The van der Waals surface area contributed by atoms with Gasteiger partial charge in [-0.05, 0) is 26.3 Å². The highest BCUT2D eigenvalue weighted by molar-refractivity contribution is 6.05. The van der Waals surface area contributed by atoms with Gasteiger partial charge in [0.2, 0.25) is 0 Å². The zero-order valence-electron chi connectivity index (χ0n) is 13.9. The van der Waals surface area contributed by atoms with Gasteiger partial charge in [-0.25, -0.2) is 0 Å². The van der Waals surface area contributed by atoms with Gasteiger partial charge >= 0.3 is 5.97 Å². The van der Waals surface area contributed by atoms with Crippen molar-refractivity contribution < 1.29 is 29.3 Å². The third-order valence-electron chi connectivity index (χ3n) is 3.74. The van der Waals surface area contributed by atoms with Gasteiger partial charge in [0.1, 0.15) is 17.6 Å². The van der Waals surface area contributed by atoms with E-state index in [2.05, 4.69) is 4.74 Å². The Labute approximate surface area is 136 Å². The van der Waals surface area contributed by atoms with E-state index in [0.717, 1.165) is 12.7 Å². The van der Waals surface area contributed by atoms with Gasteiger partial charge in [0.05, 0.1) is 19.8 Å². The monoisotopic (exact) mass is 324 g/mol. The summed E-state index contributed by atoms with van der Waals surface area (Å²) in [6, 6.07) is 9.31. The summed E-state index contributed by atoms with van der Waals surface area (Å²) in [4.78, 5) is 23.8. The van der Waals surface area contributed by atoms with Gasteiger partial charge in [-0.3, -0.25) is 9.59 Å². The average Bonchev–Trinajstić information content (AvgIpc) is 2.57. The molecule has 0 aromatic heterocycles. The lowest BCUT2D eigenvalue weighted by molar-refractivity contribution is -0.164. The molecule has 1 rings (SSSR count). The second-order valence-corrected chi connectivity index (χ2v) is 5.92. The molecule has 0 heterocycles. The van der Waals surface area contributed by atoms with Gasteiger partial charge in [0.15, 0.2) is 5.78 Å². The SMILES string of the molecule is COC(=O)C(C)(C)C(=O)[C@H](O)[C@@H](O)[C@H](C)OCc1ccccc1. The molecule has 1 aromatic rings. The van der Waals surface area contributed by atoms with Crippen LogP contribution in [0.5, 0.6) is 0 Å². The van der Waals surface area contributed by atoms with Crippen molar-refractivity contribution in [3.05, 3.63) is 35.9 Å². The Bertz CT molecular complexity index is 525. The van der Waals surface area contributed by atoms with Crippen LogP contribution in [0.2, 0.25) is 0 Å². The minimum atomic E-state index is -1.74. The highest BCUT2D eigenvalue weighted by atomic mass is 16.5. The Morgan fingerprint density at radius 1 is 1.17 bits per heavy atom. The van der Waals surface area contributed by atoms with Gasteiger partial charge in [0, 0.05) is 0 Å². The number of hydrogen-bond donors (Lipinski definition) is 2. The lowest BCUT2D eigenvalue weighted by Crippen LogP contribution is -2.49. The molecule has 0 fully saturated rings. The number of benzene rings is 1. The Morgan fingerprint density at radius 3 is 2.26 bits per heavy atom. The summed E-state index contributed by atoms with van der Waals surface area (Å²) in [7, 11) is 1.16. The number of hydrogen-bond acceptors (Lipinski definition) is 6. The number of aliphatic hydroxyl groups is 2. The first kappa shape index (κ1) is 19.3. The number of ether oxygens (including phenoxy) is 2. The molecule has 3 atom stereocenters. The van der Waals surface area contributed by atoms with Crippen molar-refractivity contribution in [2.45, 2.75) is 45.7 Å². The third-order valence-corrected chi connectivity index (χ3v) is 3.74. The number of methoxy groups -OCH3 is 1. The maximum Gasteiger partial charge on any atom is 0.318 e. The minimum Gasteiger partial charge on any atom is -0.468 e. The van der Waals surface area contributed by atoms with Crippen LogP contribution < -0.4 is 0 Å². The number of aliphatic hydroxyl groups excluding tert-OH is 2. The van der Waals surface area contributed by atoms with Crippen LogP contribution in [0.4, 0.5) is 0 Å². The second-order valence-electron chi connectivity index (χ2n) is 5.92. The Balaban J connectivity index is 2.66. The molecule has 1 aromatic carbocycles. The van der Waals surface area contributed by atoms with Crippen molar-refractivity contribution in [1.29, 1.82) is 0 Å². The Hall–Kier alpha value is -1.76. The summed E-state index contributed by atoms with van der Waals surface area (Å²) in [5.74, 6) is -1.58. The average molecular weight is 324 g/mol. The van der Waals surface area contributed by atoms with Crippen LogP contribution in [0.1, 0.15) is 26.3 Å². The highest BCUT2D eigenvalue weighted by Gasteiger charge is 2.44. The maximum atomic E-state index is 12.2. The maximum absolute atomic E-state index is 12.2. The molecule has 0 saturated carbocycles. The van der Waals surface area contributed by atoms with Crippen LogP contribution >= 0.6 is 0 Å². The fourth-order valence-electron chi connectivity index (χ4n) is 2.04. The first-order chi connectivity index (χ1) is 10.7. The van der Waals surface area contributed by atoms with E-state index in [1.54, 1.807) is 6.92 Å². The first-order valence-corrected chi connectivity index (χ1v) is 7.36. The molecule has 128 valence electrons. The van der Waals surface area contributed by atoms with Gasteiger partial charge in [-0.15, -0.1) is 0 Å². The van der Waals surface area contributed by atoms with E-state index >= 15 is 0 Å². The number of carbonyl (C=O) groups is 2. The first-order valence-electron chi connectivity index (χ1n) is 7.36. The largest absolute Gasteiger partial charge is 0.468 e. The molecule has 23 heavy (non-hydrogen) atoms. The Morgan fingerprint density at radius 2 is 1.74 bits per heavy atom. The van der Waals surface area contributed by atoms with E-state index in [1.165, 1.54) is 13.8 Å². The lowest BCUT2D eigenvalue weighted by Gasteiger charge is -2.28. The van der Waals surface area contributed by atoms with Crippen LogP contribution in [0.15, 0.2) is 30.3 Å². The zero-order chi connectivity index (χ0) is 17.6. The van der Waals surface area contributed by atoms with Crippen molar-refractivity contribution in [3.8, 4) is 0 Å². The molecule has 6 nitrogen and oxygen atoms in total. The van der Waals surface area contributed by atoms with Gasteiger partial charge in [-0.1, -0.05) is 30.3 Å². The van der Waals surface area contributed by atoms with E-state index in [1.807, 2.05) is 30.3 Å². The van der Waals surface area contributed by atoms with E-state index in [9.17, 15) is 19.8 Å². The van der Waals surface area contributed by atoms with Crippen LogP contribution in [0, 0.1) is 5.41 Å². The van der Waals surface area contributed by atoms with Gasteiger partial charge < -0.3 is 19.7 Å². The molecule has 0 aliphatic carbocycles. The fraction of sp³-hybridized carbons (Fsp3) is 0.529. The predicted octanol–water partition coefficient (Wildman–Crippen LogP) is 1.08. The molecule has 0 spiro atoms. The summed E-state index contributed by atoms with van der Waals surface area (Å²) in [5, 5.41) is 20.2. The molecule has 0 amide bonds. The third kappa shape index (κ3) is 4.86. The summed E-state index contributed by atoms with van der Waals surface area (Å²) in [6.07, 6.45) is -3.98. The molecular formula is C17H24O6. The van der Waals surface area contributed by atoms with Crippen molar-refractivity contribution in [3.63, 3.8) is 0 Å². The summed E-state index contributed by atoms with van der Waals surface area (Å²) < 4.78 is 10.0. The van der Waals surface area contributed by atoms with E-state index in [0.29, 0.717) is 0 Å². The normalized spacial score (nSPS) is 15.6. The van der Waals surface area contributed by atoms with E-state index < -0.39 is 35.5 Å². The molecule has 0 radical (unpaired) electrons. The number of carbonyl (C=O) groups excluding carboxylic acids is 2. The number of esters is 1. The molecule has 0 aliphatic rings. The minimum absolute atomic E-state index is 0.236. The fourth-order valence-corrected chi connectivity index (χ4v) is 2.04. The number of rotatable bonds is 8. The van der Waals surface area contributed by atoms with Crippen LogP contribution in [-0.2, 0) is 25.7 Å². The van der Waals surface area contributed by atoms with Crippen molar-refractivity contribution in [1.82, 2.24) is 0 Å². The van der Waals surface area contributed by atoms with E-state index in [-0.39, 0.29) is 6.61 Å². The highest BCUT2D eigenvalue weighted by Crippen LogP contribution is 2.23. The summed E-state index contributed by atoms with van der Waals surface area (Å²) >= 11 is 0. The van der Waals surface area contributed by atoms with Crippen molar-refractivity contribution >= 4 is 11.8 Å². The number of Topliss-reactive ketones (excluding diaryl/α,β-unsaturated/α-hetero) is 1. The van der Waals surface area contributed by atoms with Crippen molar-refractivity contribution in [2.24, 2.45) is 5.41 Å². The molecular weight excluding hydrogens is 300 g/mol. The lowest BCUT2D eigenvalue weighted by atomic mass is 9.83. The Kier molecular flexibility index (Phi) is 6.87.